The van der Waals surface area contributed by atoms with E-state index in [9.17, 15) is 4.79 Å². The Bertz CT molecular complexity index is 181. The molecule has 3 heteroatoms. The van der Waals surface area contributed by atoms with Gasteiger partial charge in [-0.1, -0.05) is 58.3 Å². The fourth-order valence-corrected chi connectivity index (χ4v) is 1.76. The van der Waals surface area contributed by atoms with Gasteiger partial charge >= 0.3 is 5.97 Å². The molecule has 1 unspecified atom stereocenters. The number of ether oxygens (including phenoxy) is 1. The molecule has 0 N–H and O–H groups in total. The summed E-state index contributed by atoms with van der Waals surface area (Å²) >= 11 is 5.58. The molecule has 0 bridgehead atoms. The highest BCUT2D eigenvalue weighted by Gasteiger charge is 2.09. The van der Waals surface area contributed by atoms with E-state index in [1.807, 2.05) is 0 Å². The number of halogens is 1. The fourth-order valence-electron chi connectivity index (χ4n) is 1.70. The summed E-state index contributed by atoms with van der Waals surface area (Å²) in [7, 11) is 0. The Balaban J connectivity index is 3.06. The first-order valence-corrected chi connectivity index (χ1v) is 7.42. The summed E-state index contributed by atoms with van der Waals surface area (Å²) in [6.45, 7) is 4.40. The molecule has 0 heterocycles. The van der Waals surface area contributed by atoms with E-state index in [4.69, 9.17) is 16.3 Å². The Kier molecular flexibility index (Phi) is 12.1. The standard InChI is InChI=1S/C14H27ClO2/c1-3-4-5-6-7-8-9-10-11-12-17-14(16)13(2)15/h13H,3-12H2,1-2H3. The van der Waals surface area contributed by atoms with Gasteiger partial charge in [-0.05, 0) is 13.3 Å². The third-order valence-corrected chi connectivity index (χ3v) is 3.00. The molecule has 0 aliphatic heterocycles. The lowest BCUT2D eigenvalue weighted by atomic mass is 10.1. The molecule has 0 saturated heterocycles. The summed E-state index contributed by atoms with van der Waals surface area (Å²) in [6.07, 6.45) is 11.4. The molecular formula is C14H27ClO2. The van der Waals surface area contributed by atoms with Gasteiger partial charge in [-0.25, -0.2) is 0 Å². The molecule has 0 radical (unpaired) electrons. The van der Waals surface area contributed by atoms with Crippen molar-refractivity contribution in [2.45, 2.75) is 77.0 Å². The van der Waals surface area contributed by atoms with Crippen molar-refractivity contribution in [3.8, 4) is 0 Å². The molecule has 0 fully saturated rings. The molecule has 0 amide bonds. The Morgan fingerprint density at radius 1 is 1.00 bits per heavy atom. The van der Waals surface area contributed by atoms with Crippen LogP contribution in [-0.2, 0) is 9.53 Å². The minimum absolute atomic E-state index is 0.300. The highest BCUT2D eigenvalue weighted by atomic mass is 35.5. The first kappa shape index (κ1) is 16.8. The van der Waals surface area contributed by atoms with Crippen LogP contribution in [0.15, 0.2) is 0 Å². The van der Waals surface area contributed by atoms with E-state index < -0.39 is 5.38 Å². The minimum Gasteiger partial charge on any atom is -0.465 e. The average molecular weight is 263 g/mol. The topological polar surface area (TPSA) is 26.3 Å². The molecule has 0 aromatic rings. The quantitative estimate of drug-likeness (QED) is 0.307. The van der Waals surface area contributed by atoms with E-state index in [0.717, 1.165) is 12.8 Å². The van der Waals surface area contributed by atoms with Crippen LogP contribution in [0.2, 0.25) is 0 Å². The molecular weight excluding hydrogens is 236 g/mol. The van der Waals surface area contributed by atoms with Crippen LogP contribution < -0.4 is 0 Å². The van der Waals surface area contributed by atoms with E-state index in [0.29, 0.717) is 6.61 Å². The Labute approximate surface area is 111 Å². The summed E-state index contributed by atoms with van der Waals surface area (Å²) in [5.41, 5.74) is 0. The third kappa shape index (κ3) is 12.0. The number of rotatable bonds is 11. The summed E-state index contributed by atoms with van der Waals surface area (Å²) in [5.74, 6) is -0.300. The van der Waals surface area contributed by atoms with Crippen LogP contribution >= 0.6 is 11.6 Å². The average Bonchev–Trinajstić information content (AvgIpc) is 2.31. The third-order valence-electron chi connectivity index (χ3n) is 2.82. The van der Waals surface area contributed by atoms with Gasteiger partial charge in [0.15, 0.2) is 0 Å². The maximum absolute atomic E-state index is 11.0. The number of hydrogen-bond donors (Lipinski definition) is 0. The number of alkyl halides is 1. The van der Waals surface area contributed by atoms with Crippen molar-refractivity contribution in [2.75, 3.05) is 6.61 Å². The molecule has 0 aliphatic rings. The number of hydrogen-bond acceptors (Lipinski definition) is 2. The van der Waals surface area contributed by atoms with E-state index in [1.54, 1.807) is 6.92 Å². The van der Waals surface area contributed by atoms with Gasteiger partial charge in [-0.3, -0.25) is 4.79 Å². The Morgan fingerprint density at radius 2 is 1.47 bits per heavy atom. The maximum atomic E-state index is 11.0. The molecule has 0 saturated carbocycles. The lowest BCUT2D eigenvalue weighted by Gasteiger charge is -2.05. The smallest absolute Gasteiger partial charge is 0.323 e. The molecule has 0 aromatic heterocycles. The summed E-state index contributed by atoms with van der Waals surface area (Å²) in [6, 6.07) is 0. The first-order valence-electron chi connectivity index (χ1n) is 6.99. The second-order valence-electron chi connectivity index (χ2n) is 4.61. The van der Waals surface area contributed by atoms with Crippen LogP contribution in [0.1, 0.15) is 71.6 Å². The number of esters is 1. The Morgan fingerprint density at radius 3 is 1.94 bits per heavy atom. The largest absolute Gasteiger partial charge is 0.465 e. The van der Waals surface area contributed by atoms with Gasteiger partial charge in [0.2, 0.25) is 0 Å². The van der Waals surface area contributed by atoms with Crippen LogP contribution in [0.5, 0.6) is 0 Å². The molecule has 0 spiro atoms. The predicted molar refractivity (Wildman–Crippen MR) is 73.5 cm³/mol. The maximum Gasteiger partial charge on any atom is 0.323 e. The van der Waals surface area contributed by atoms with Gasteiger partial charge in [0, 0.05) is 0 Å². The fraction of sp³-hybridized carbons (Fsp3) is 0.929. The Hall–Kier alpha value is -0.240. The first-order chi connectivity index (χ1) is 8.18. The lowest BCUT2D eigenvalue weighted by molar-refractivity contribution is -0.142. The van der Waals surface area contributed by atoms with Crippen molar-refractivity contribution in [1.29, 1.82) is 0 Å². The van der Waals surface area contributed by atoms with Crippen molar-refractivity contribution in [2.24, 2.45) is 0 Å². The molecule has 1 atom stereocenters. The molecule has 0 aliphatic carbocycles. The number of carbonyl (C=O) groups excluding carboxylic acids is 1. The minimum atomic E-state index is -0.520. The summed E-state index contributed by atoms with van der Waals surface area (Å²) < 4.78 is 4.99. The van der Waals surface area contributed by atoms with Crippen LogP contribution in [0, 0.1) is 0 Å². The van der Waals surface area contributed by atoms with E-state index in [1.165, 1.54) is 44.9 Å². The summed E-state index contributed by atoms with van der Waals surface area (Å²) in [4.78, 5) is 11.0. The van der Waals surface area contributed by atoms with Crippen LogP contribution in [0.25, 0.3) is 0 Å². The van der Waals surface area contributed by atoms with Crippen molar-refractivity contribution < 1.29 is 9.53 Å². The highest BCUT2D eigenvalue weighted by Crippen LogP contribution is 2.09. The van der Waals surface area contributed by atoms with Gasteiger partial charge in [0.05, 0.1) is 6.61 Å². The van der Waals surface area contributed by atoms with E-state index >= 15 is 0 Å². The van der Waals surface area contributed by atoms with Crippen LogP contribution in [0.4, 0.5) is 0 Å². The monoisotopic (exact) mass is 262 g/mol. The molecule has 17 heavy (non-hydrogen) atoms. The normalized spacial score (nSPS) is 12.4. The predicted octanol–water partition coefficient (Wildman–Crippen LogP) is 4.69. The van der Waals surface area contributed by atoms with Crippen molar-refractivity contribution in [3.05, 3.63) is 0 Å². The van der Waals surface area contributed by atoms with E-state index in [-0.39, 0.29) is 5.97 Å². The SMILES string of the molecule is CCCCCCCCCCCOC(=O)C(C)Cl. The molecule has 0 aromatic carbocycles. The second-order valence-corrected chi connectivity index (χ2v) is 5.27. The lowest BCUT2D eigenvalue weighted by Crippen LogP contribution is -2.14. The van der Waals surface area contributed by atoms with Gasteiger partial charge < -0.3 is 4.74 Å². The molecule has 102 valence electrons. The zero-order chi connectivity index (χ0) is 12.9. The second kappa shape index (κ2) is 12.2. The van der Waals surface area contributed by atoms with Gasteiger partial charge in [0.1, 0.15) is 5.38 Å². The zero-order valence-corrected chi connectivity index (χ0v) is 12.1. The van der Waals surface area contributed by atoms with Gasteiger partial charge in [-0.2, -0.15) is 0 Å². The van der Waals surface area contributed by atoms with Crippen molar-refractivity contribution in [3.63, 3.8) is 0 Å². The van der Waals surface area contributed by atoms with Crippen molar-refractivity contribution >= 4 is 17.6 Å². The zero-order valence-electron chi connectivity index (χ0n) is 11.3. The van der Waals surface area contributed by atoms with Crippen molar-refractivity contribution in [1.82, 2.24) is 0 Å². The highest BCUT2D eigenvalue weighted by molar-refractivity contribution is 6.29. The number of unbranched alkanes of at least 4 members (excludes halogenated alkanes) is 8. The van der Waals surface area contributed by atoms with Crippen LogP contribution in [-0.4, -0.2) is 18.0 Å². The van der Waals surface area contributed by atoms with E-state index in [2.05, 4.69) is 6.92 Å². The van der Waals surface area contributed by atoms with Gasteiger partial charge in [0.25, 0.3) is 0 Å². The summed E-state index contributed by atoms with van der Waals surface area (Å²) in [5, 5.41) is -0.520. The van der Waals surface area contributed by atoms with Gasteiger partial charge in [-0.15, -0.1) is 11.6 Å². The molecule has 2 nitrogen and oxygen atoms in total. The molecule has 0 rings (SSSR count). The number of carbonyl (C=O) groups is 1. The van der Waals surface area contributed by atoms with Crippen LogP contribution in [0.3, 0.4) is 0 Å².